The Morgan fingerprint density at radius 3 is 2.19 bits per heavy atom. The summed E-state index contributed by atoms with van der Waals surface area (Å²) >= 11 is 24.6. The number of nitrogens with zero attached hydrogens (tertiary/aromatic N) is 3. The van der Waals surface area contributed by atoms with E-state index >= 15 is 0 Å². The van der Waals surface area contributed by atoms with Gasteiger partial charge in [-0.2, -0.15) is 5.26 Å². The molecular formula is C23H11Cl4N3O. The quantitative estimate of drug-likeness (QED) is 0.292. The van der Waals surface area contributed by atoms with Crippen LogP contribution in [0.5, 0.6) is 11.6 Å². The minimum absolute atomic E-state index is 0.102. The van der Waals surface area contributed by atoms with Gasteiger partial charge >= 0.3 is 0 Å². The molecule has 0 aliphatic carbocycles. The molecule has 0 bridgehead atoms. The van der Waals surface area contributed by atoms with Crippen molar-refractivity contribution in [3.63, 3.8) is 0 Å². The van der Waals surface area contributed by atoms with Gasteiger partial charge in [-0.25, -0.2) is 4.98 Å². The first kappa shape index (κ1) is 21.4. The van der Waals surface area contributed by atoms with Crippen molar-refractivity contribution in [2.45, 2.75) is 0 Å². The molecule has 4 nitrogen and oxygen atoms in total. The van der Waals surface area contributed by atoms with Crippen molar-refractivity contribution in [2.24, 2.45) is 0 Å². The summed E-state index contributed by atoms with van der Waals surface area (Å²) in [5, 5.41) is 11.6. The minimum atomic E-state index is 0.102. The van der Waals surface area contributed by atoms with E-state index < -0.39 is 0 Å². The topological polar surface area (TPSA) is 58.8 Å². The highest BCUT2D eigenvalue weighted by Gasteiger charge is 2.19. The van der Waals surface area contributed by atoms with Crippen LogP contribution in [-0.2, 0) is 0 Å². The molecule has 0 radical (unpaired) electrons. The molecule has 0 spiro atoms. The second kappa shape index (κ2) is 9.13. The first-order chi connectivity index (χ1) is 14.9. The van der Waals surface area contributed by atoms with Crippen LogP contribution >= 0.6 is 46.4 Å². The highest BCUT2D eigenvalue weighted by atomic mass is 35.5. The van der Waals surface area contributed by atoms with Crippen LogP contribution < -0.4 is 4.74 Å². The molecule has 0 fully saturated rings. The third-order valence-corrected chi connectivity index (χ3v) is 5.35. The van der Waals surface area contributed by atoms with Gasteiger partial charge in [-0.1, -0.05) is 58.5 Å². The molecule has 0 amide bonds. The van der Waals surface area contributed by atoms with E-state index in [2.05, 4.69) is 16.0 Å². The number of benzene rings is 2. The van der Waals surface area contributed by atoms with Crippen LogP contribution in [0.25, 0.3) is 22.4 Å². The molecule has 4 aromatic rings. The average molecular weight is 487 g/mol. The zero-order valence-corrected chi connectivity index (χ0v) is 18.6. The van der Waals surface area contributed by atoms with Gasteiger partial charge in [0.2, 0.25) is 5.88 Å². The molecule has 0 aliphatic rings. The Morgan fingerprint density at radius 1 is 0.774 bits per heavy atom. The van der Waals surface area contributed by atoms with Crippen LogP contribution in [-0.4, -0.2) is 9.97 Å². The third-order valence-electron chi connectivity index (χ3n) is 4.34. The van der Waals surface area contributed by atoms with Crippen molar-refractivity contribution in [3.05, 3.63) is 92.6 Å². The van der Waals surface area contributed by atoms with Gasteiger partial charge in [0.1, 0.15) is 17.4 Å². The summed E-state index contributed by atoms with van der Waals surface area (Å²) in [5.41, 5.74) is 2.89. The van der Waals surface area contributed by atoms with E-state index in [4.69, 9.17) is 51.1 Å². The molecule has 4 rings (SSSR count). The normalized spacial score (nSPS) is 10.5. The lowest BCUT2D eigenvalue weighted by molar-refractivity contribution is 0.460. The Balaban J connectivity index is 1.94. The first-order valence-electron chi connectivity index (χ1n) is 8.89. The summed E-state index contributed by atoms with van der Waals surface area (Å²) in [6.07, 6.45) is 2.96. The van der Waals surface area contributed by atoms with Crippen LogP contribution in [0.15, 0.2) is 67.0 Å². The highest BCUT2D eigenvalue weighted by Crippen LogP contribution is 2.39. The first-order valence-corrected chi connectivity index (χ1v) is 10.4. The summed E-state index contributed by atoms with van der Waals surface area (Å²) < 4.78 is 5.85. The number of ether oxygens (including phenoxy) is 1. The van der Waals surface area contributed by atoms with Crippen molar-refractivity contribution in [1.29, 1.82) is 5.26 Å². The summed E-state index contributed by atoms with van der Waals surface area (Å²) in [6.45, 7) is 0. The van der Waals surface area contributed by atoms with Gasteiger partial charge in [-0.3, -0.25) is 4.98 Å². The molecule has 0 saturated heterocycles. The maximum absolute atomic E-state index is 9.74. The van der Waals surface area contributed by atoms with Gasteiger partial charge in [0.25, 0.3) is 0 Å². The smallest absolute Gasteiger partial charge is 0.237 e. The number of hydrogen-bond donors (Lipinski definition) is 0. The summed E-state index contributed by atoms with van der Waals surface area (Å²) in [4.78, 5) is 8.65. The van der Waals surface area contributed by atoms with Gasteiger partial charge < -0.3 is 4.74 Å². The Kier molecular flexibility index (Phi) is 6.31. The Hall–Kier alpha value is -2.81. The molecular weight excluding hydrogens is 476 g/mol. The van der Waals surface area contributed by atoms with Crippen molar-refractivity contribution >= 4 is 46.4 Å². The highest BCUT2D eigenvalue weighted by molar-refractivity contribution is 6.36. The Morgan fingerprint density at radius 2 is 1.52 bits per heavy atom. The van der Waals surface area contributed by atoms with E-state index in [1.165, 1.54) is 12.4 Å². The maximum Gasteiger partial charge on any atom is 0.237 e. The number of rotatable bonds is 4. The second-order valence-electron chi connectivity index (χ2n) is 6.42. The monoisotopic (exact) mass is 485 g/mol. The van der Waals surface area contributed by atoms with Crippen LogP contribution in [0, 0.1) is 11.3 Å². The van der Waals surface area contributed by atoms with Gasteiger partial charge in [0.15, 0.2) is 0 Å². The molecule has 2 aromatic heterocycles. The Bertz CT molecular complexity index is 1320. The van der Waals surface area contributed by atoms with Gasteiger partial charge in [0.05, 0.1) is 21.9 Å². The molecule has 152 valence electrons. The largest absolute Gasteiger partial charge is 0.436 e. The molecule has 0 N–H and O–H groups in total. The number of halogens is 4. The fourth-order valence-corrected chi connectivity index (χ4v) is 3.74. The Labute approximate surface area is 198 Å². The molecule has 0 unspecified atom stereocenters. The summed E-state index contributed by atoms with van der Waals surface area (Å²) in [7, 11) is 0. The predicted octanol–water partition coefficient (Wildman–Crippen LogP) is 8.09. The lowest BCUT2D eigenvalue weighted by Crippen LogP contribution is -1.98. The van der Waals surface area contributed by atoms with Crippen LogP contribution in [0.1, 0.15) is 5.56 Å². The van der Waals surface area contributed by atoms with Gasteiger partial charge in [-0.05, 0) is 42.0 Å². The van der Waals surface area contributed by atoms with E-state index in [-0.39, 0.29) is 11.4 Å². The third kappa shape index (κ3) is 4.76. The van der Waals surface area contributed by atoms with Crippen LogP contribution in [0.3, 0.4) is 0 Å². The fraction of sp³-hybridized carbons (Fsp3) is 0. The average Bonchev–Trinajstić information content (AvgIpc) is 2.74. The van der Waals surface area contributed by atoms with Gasteiger partial charge in [-0.15, -0.1) is 0 Å². The number of aromatic nitrogens is 2. The second-order valence-corrected chi connectivity index (χ2v) is 8.14. The lowest BCUT2D eigenvalue weighted by atomic mass is 9.97. The van der Waals surface area contributed by atoms with Crippen LogP contribution in [0.4, 0.5) is 0 Å². The van der Waals surface area contributed by atoms with Crippen molar-refractivity contribution in [3.8, 4) is 40.1 Å². The van der Waals surface area contributed by atoms with E-state index in [9.17, 15) is 5.26 Å². The zero-order chi connectivity index (χ0) is 22.0. The standard InChI is InChI=1S/C23H11Cl4N3O/c24-15-3-1-13(2-4-15)20-7-14(10-28)23(31-18-8-17(26)11-29-12-18)30-22(20)19-6-5-16(25)9-21(19)27/h1-9,11-12H. The summed E-state index contributed by atoms with van der Waals surface area (Å²) in [5.74, 6) is 0.453. The van der Waals surface area contributed by atoms with Crippen molar-refractivity contribution < 1.29 is 4.74 Å². The molecule has 2 aromatic carbocycles. The molecule has 0 aliphatic heterocycles. The molecule has 0 saturated carbocycles. The molecule has 2 heterocycles. The SMILES string of the molecule is N#Cc1cc(-c2ccc(Cl)cc2)c(-c2ccc(Cl)cc2Cl)nc1Oc1cncc(Cl)c1. The van der Waals surface area contributed by atoms with Crippen LogP contribution in [0.2, 0.25) is 20.1 Å². The minimum Gasteiger partial charge on any atom is -0.436 e. The van der Waals surface area contributed by atoms with Crippen molar-refractivity contribution in [1.82, 2.24) is 9.97 Å². The van der Waals surface area contributed by atoms with Crippen molar-refractivity contribution in [2.75, 3.05) is 0 Å². The number of pyridine rings is 2. The fourth-order valence-electron chi connectivity index (χ4n) is 2.95. The van der Waals surface area contributed by atoms with E-state index in [1.807, 2.05) is 12.1 Å². The molecule has 8 heteroatoms. The van der Waals surface area contributed by atoms with E-state index in [0.717, 1.165) is 5.56 Å². The predicted molar refractivity (Wildman–Crippen MR) is 124 cm³/mol. The molecule has 31 heavy (non-hydrogen) atoms. The van der Waals surface area contributed by atoms with Gasteiger partial charge in [0, 0.05) is 33.4 Å². The maximum atomic E-state index is 9.74. The van der Waals surface area contributed by atoms with E-state index in [0.29, 0.717) is 42.7 Å². The molecule has 0 atom stereocenters. The zero-order valence-electron chi connectivity index (χ0n) is 15.6. The number of hydrogen-bond acceptors (Lipinski definition) is 4. The number of nitriles is 1. The summed E-state index contributed by atoms with van der Waals surface area (Å²) in [6, 6.07) is 17.7. The van der Waals surface area contributed by atoms with E-state index in [1.54, 1.807) is 42.5 Å². The lowest BCUT2D eigenvalue weighted by Gasteiger charge is -2.15.